The lowest BCUT2D eigenvalue weighted by Gasteiger charge is -2.07. The van der Waals surface area contributed by atoms with E-state index in [0.29, 0.717) is 13.0 Å². The Morgan fingerprint density at radius 2 is 2.12 bits per heavy atom. The van der Waals surface area contributed by atoms with Crippen LogP contribution >= 0.6 is 0 Å². The maximum atomic E-state index is 10.8. The highest BCUT2D eigenvalue weighted by Gasteiger charge is 2.15. The van der Waals surface area contributed by atoms with Crippen LogP contribution in [0.2, 0.25) is 0 Å². The first-order valence-electron chi connectivity index (χ1n) is 5.33. The van der Waals surface area contributed by atoms with Gasteiger partial charge in [-0.1, -0.05) is 0 Å². The second kappa shape index (κ2) is 4.86. The number of aldehydes is 1. The van der Waals surface area contributed by atoms with Gasteiger partial charge in [0.25, 0.3) is 5.91 Å². The topological polar surface area (TPSA) is 64.6 Å². The van der Waals surface area contributed by atoms with E-state index in [9.17, 15) is 9.59 Å². The molecular formula is C12H13NO4. The van der Waals surface area contributed by atoms with E-state index in [1.54, 1.807) is 0 Å². The monoisotopic (exact) mass is 235 g/mol. The van der Waals surface area contributed by atoms with Crippen molar-refractivity contribution in [1.82, 2.24) is 5.32 Å². The summed E-state index contributed by atoms with van der Waals surface area (Å²) in [6, 6.07) is 3.82. The first-order chi connectivity index (χ1) is 8.20. The molecule has 0 aliphatic carbocycles. The van der Waals surface area contributed by atoms with Gasteiger partial charge in [-0.25, -0.2) is 0 Å². The molecule has 1 aromatic rings. The van der Waals surface area contributed by atoms with Crippen LogP contribution in [0.3, 0.4) is 0 Å². The van der Waals surface area contributed by atoms with Crippen molar-refractivity contribution in [2.75, 3.05) is 13.3 Å². The van der Waals surface area contributed by atoms with Gasteiger partial charge in [-0.2, -0.15) is 0 Å². The van der Waals surface area contributed by atoms with Gasteiger partial charge in [-0.3, -0.25) is 9.59 Å². The van der Waals surface area contributed by atoms with Crippen LogP contribution in [0.1, 0.15) is 11.1 Å². The van der Waals surface area contributed by atoms with Crippen LogP contribution in [0.5, 0.6) is 11.5 Å². The van der Waals surface area contributed by atoms with E-state index in [-0.39, 0.29) is 13.1 Å². The zero-order valence-corrected chi connectivity index (χ0v) is 9.49. The molecule has 0 fully saturated rings. The highest BCUT2D eigenvalue weighted by molar-refractivity contribution is 6.23. The van der Waals surface area contributed by atoms with E-state index in [0.717, 1.165) is 22.6 Å². The van der Waals surface area contributed by atoms with Gasteiger partial charge in [0.05, 0.1) is 0 Å². The molecule has 5 heteroatoms. The Morgan fingerprint density at radius 3 is 2.82 bits per heavy atom. The van der Waals surface area contributed by atoms with Crippen molar-refractivity contribution in [2.45, 2.75) is 13.3 Å². The highest BCUT2D eigenvalue weighted by Crippen LogP contribution is 2.34. The quantitative estimate of drug-likeness (QED) is 0.612. The average Bonchev–Trinajstić information content (AvgIpc) is 2.76. The van der Waals surface area contributed by atoms with Crippen LogP contribution < -0.4 is 14.8 Å². The van der Waals surface area contributed by atoms with Crippen molar-refractivity contribution in [1.29, 1.82) is 0 Å². The lowest BCUT2D eigenvalue weighted by Crippen LogP contribution is -2.26. The number of fused-ring (bicyclic) bond motifs is 1. The first-order valence-corrected chi connectivity index (χ1v) is 5.33. The van der Waals surface area contributed by atoms with Gasteiger partial charge in [0.2, 0.25) is 13.1 Å². The molecule has 0 atom stereocenters. The number of ether oxygens (including phenoxy) is 2. The van der Waals surface area contributed by atoms with E-state index in [4.69, 9.17) is 9.47 Å². The van der Waals surface area contributed by atoms with Crippen LogP contribution in [-0.2, 0) is 16.0 Å². The SMILES string of the molecule is Cc1cc2c(cc1CCNC(=O)C=O)OCO2. The number of carbonyl (C=O) groups excluding carboxylic acids is 2. The van der Waals surface area contributed by atoms with Crippen LogP contribution in [0.15, 0.2) is 12.1 Å². The number of carbonyl (C=O) groups is 2. The van der Waals surface area contributed by atoms with Crippen LogP contribution in [-0.4, -0.2) is 25.5 Å². The van der Waals surface area contributed by atoms with Gasteiger partial charge >= 0.3 is 0 Å². The summed E-state index contributed by atoms with van der Waals surface area (Å²) in [6.07, 6.45) is 0.925. The summed E-state index contributed by atoms with van der Waals surface area (Å²) < 4.78 is 10.5. The predicted molar refractivity (Wildman–Crippen MR) is 60.1 cm³/mol. The van der Waals surface area contributed by atoms with Crippen LogP contribution in [0.25, 0.3) is 0 Å². The highest BCUT2D eigenvalue weighted by atomic mass is 16.7. The zero-order valence-electron chi connectivity index (χ0n) is 9.49. The minimum absolute atomic E-state index is 0.250. The third-order valence-electron chi connectivity index (χ3n) is 2.63. The maximum absolute atomic E-state index is 10.8. The third-order valence-corrected chi connectivity index (χ3v) is 2.63. The fraction of sp³-hybridized carbons (Fsp3) is 0.333. The van der Waals surface area contributed by atoms with Gasteiger partial charge in [-0.05, 0) is 36.6 Å². The molecule has 0 bridgehead atoms. The Labute approximate surface area is 98.7 Å². The standard InChI is InChI=1S/C12H13NO4/c1-8-4-10-11(17-7-16-10)5-9(8)2-3-13-12(15)6-14/h4-6H,2-3,7H2,1H3,(H,13,15). The number of amides is 1. The number of aryl methyl sites for hydroxylation is 1. The van der Waals surface area contributed by atoms with Crippen molar-refractivity contribution < 1.29 is 19.1 Å². The van der Waals surface area contributed by atoms with E-state index in [1.165, 1.54) is 0 Å². The van der Waals surface area contributed by atoms with Gasteiger partial charge in [-0.15, -0.1) is 0 Å². The maximum Gasteiger partial charge on any atom is 0.284 e. The summed E-state index contributed by atoms with van der Waals surface area (Å²) >= 11 is 0. The predicted octanol–water partition coefficient (Wildman–Crippen LogP) is 0.581. The fourth-order valence-corrected chi connectivity index (χ4v) is 1.72. The molecule has 0 radical (unpaired) electrons. The molecule has 0 saturated carbocycles. The molecule has 17 heavy (non-hydrogen) atoms. The van der Waals surface area contributed by atoms with E-state index in [2.05, 4.69) is 5.32 Å². The molecule has 0 unspecified atom stereocenters. The van der Waals surface area contributed by atoms with E-state index >= 15 is 0 Å². The van der Waals surface area contributed by atoms with Gasteiger partial charge < -0.3 is 14.8 Å². The molecule has 0 saturated heterocycles. The first kappa shape index (κ1) is 11.4. The number of benzene rings is 1. The molecule has 0 aromatic heterocycles. The Balaban J connectivity index is 2.01. The third kappa shape index (κ3) is 2.55. The molecular weight excluding hydrogens is 222 g/mol. The zero-order chi connectivity index (χ0) is 12.3. The average molecular weight is 235 g/mol. The number of rotatable bonds is 4. The summed E-state index contributed by atoms with van der Waals surface area (Å²) in [4.78, 5) is 20.9. The fourth-order valence-electron chi connectivity index (χ4n) is 1.72. The Hall–Kier alpha value is -2.04. The summed E-state index contributed by atoms with van der Waals surface area (Å²) in [5.41, 5.74) is 2.15. The van der Waals surface area contributed by atoms with Crippen LogP contribution in [0, 0.1) is 6.92 Å². The second-order valence-electron chi connectivity index (χ2n) is 3.79. The number of hydrogen-bond acceptors (Lipinski definition) is 4. The second-order valence-corrected chi connectivity index (χ2v) is 3.79. The van der Waals surface area contributed by atoms with E-state index < -0.39 is 5.91 Å². The lowest BCUT2D eigenvalue weighted by molar-refractivity contribution is -0.131. The van der Waals surface area contributed by atoms with Crippen molar-refractivity contribution in [3.05, 3.63) is 23.3 Å². The molecule has 1 aliphatic heterocycles. The summed E-state index contributed by atoms with van der Waals surface area (Å²) in [7, 11) is 0. The van der Waals surface area contributed by atoms with Crippen molar-refractivity contribution in [3.8, 4) is 11.5 Å². The van der Waals surface area contributed by atoms with E-state index in [1.807, 2.05) is 19.1 Å². The molecule has 1 amide bonds. The lowest BCUT2D eigenvalue weighted by atomic mass is 10.0. The van der Waals surface area contributed by atoms with Crippen molar-refractivity contribution >= 4 is 12.2 Å². The largest absolute Gasteiger partial charge is 0.454 e. The Bertz CT molecular complexity index is 456. The van der Waals surface area contributed by atoms with Crippen LogP contribution in [0.4, 0.5) is 0 Å². The van der Waals surface area contributed by atoms with Crippen molar-refractivity contribution in [3.63, 3.8) is 0 Å². The van der Waals surface area contributed by atoms with Gasteiger partial charge in [0.1, 0.15) is 0 Å². The molecule has 0 spiro atoms. The molecule has 1 aromatic carbocycles. The van der Waals surface area contributed by atoms with Gasteiger partial charge in [0, 0.05) is 6.54 Å². The normalized spacial score (nSPS) is 12.3. The molecule has 90 valence electrons. The number of nitrogens with one attached hydrogen (secondary N) is 1. The molecule has 5 nitrogen and oxygen atoms in total. The summed E-state index contributed by atoms with van der Waals surface area (Å²) in [5, 5.41) is 2.50. The molecule has 1 aliphatic rings. The van der Waals surface area contributed by atoms with Crippen molar-refractivity contribution in [2.24, 2.45) is 0 Å². The smallest absolute Gasteiger partial charge is 0.284 e. The van der Waals surface area contributed by atoms with Gasteiger partial charge in [0.15, 0.2) is 11.5 Å². The number of hydrogen-bond donors (Lipinski definition) is 1. The Kier molecular flexibility index (Phi) is 3.27. The molecule has 1 N–H and O–H groups in total. The minimum atomic E-state index is -0.594. The Morgan fingerprint density at radius 1 is 1.41 bits per heavy atom. The minimum Gasteiger partial charge on any atom is -0.454 e. The summed E-state index contributed by atoms with van der Waals surface area (Å²) in [5.74, 6) is 0.888. The molecule has 1 heterocycles. The summed E-state index contributed by atoms with van der Waals surface area (Å²) in [6.45, 7) is 2.65. The molecule has 2 rings (SSSR count).